The highest BCUT2D eigenvalue weighted by atomic mass is 127. The van der Waals surface area contributed by atoms with E-state index in [0.29, 0.717) is 19.0 Å². The van der Waals surface area contributed by atoms with E-state index in [-0.39, 0.29) is 36.3 Å². The van der Waals surface area contributed by atoms with Crippen molar-refractivity contribution in [3.63, 3.8) is 0 Å². The topological polar surface area (TPSA) is 121 Å². The number of carbonyl (C=O) groups excluding carboxylic acids is 1. The van der Waals surface area contributed by atoms with Gasteiger partial charge in [0, 0.05) is 26.7 Å². The van der Waals surface area contributed by atoms with Crippen LogP contribution in [0.5, 0.6) is 0 Å². The lowest BCUT2D eigenvalue weighted by Gasteiger charge is -2.29. The fraction of sp³-hybridized carbons (Fsp3) is 0.867. The molecule has 0 aliphatic carbocycles. The summed E-state index contributed by atoms with van der Waals surface area (Å²) in [5.74, 6) is 0.555. The number of amides is 1. The predicted molar refractivity (Wildman–Crippen MR) is 116 cm³/mol. The Morgan fingerprint density at radius 3 is 2.12 bits per heavy atom. The van der Waals surface area contributed by atoms with E-state index in [2.05, 4.69) is 25.7 Å². The second-order valence-electron chi connectivity index (χ2n) is 7.16. The van der Waals surface area contributed by atoms with Gasteiger partial charge in [-0.05, 0) is 41.5 Å². The van der Waals surface area contributed by atoms with Crippen molar-refractivity contribution in [1.29, 1.82) is 0 Å². The molecule has 0 fully saturated rings. The molecule has 0 aliphatic heterocycles. The van der Waals surface area contributed by atoms with Gasteiger partial charge in [0.2, 0.25) is 10.0 Å². The quantitative estimate of drug-likeness (QED) is 0.169. The van der Waals surface area contributed by atoms with E-state index >= 15 is 0 Å². The average molecular weight is 507 g/mol. The van der Waals surface area contributed by atoms with Gasteiger partial charge in [-0.15, -0.1) is 24.0 Å². The van der Waals surface area contributed by atoms with E-state index in [9.17, 15) is 13.2 Å². The third kappa shape index (κ3) is 14.4. The Kier molecular flexibility index (Phi) is 12.4. The molecular weight excluding hydrogens is 473 g/mol. The van der Waals surface area contributed by atoms with Crippen LogP contribution in [0.25, 0.3) is 0 Å². The minimum absolute atomic E-state index is 0. The van der Waals surface area contributed by atoms with E-state index in [1.165, 1.54) is 0 Å². The lowest BCUT2D eigenvalue weighted by atomic mass is 10.1. The second-order valence-corrected chi connectivity index (χ2v) is 9.26. The smallest absolute Gasteiger partial charge is 0.408 e. The summed E-state index contributed by atoms with van der Waals surface area (Å²) < 4.78 is 30.4. The average Bonchev–Trinajstić information content (AvgIpc) is 2.43. The van der Waals surface area contributed by atoms with Crippen molar-refractivity contribution in [2.24, 2.45) is 4.99 Å². The van der Waals surface area contributed by atoms with Gasteiger partial charge in [-0.1, -0.05) is 0 Å². The lowest BCUT2D eigenvalue weighted by Crippen LogP contribution is -2.54. The first kappa shape index (κ1) is 27.4. The molecule has 0 aromatic carbocycles. The molecule has 4 N–H and O–H groups in total. The molecular formula is C15H34IN5O4S. The molecule has 0 unspecified atom stereocenters. The van der Waals surface area contributed by atoms with E-state index in [4.69, 9.17) is 4.74 Å². The van der Waals surface area contributed by atoms with E-state index in [0.717, 1.165) is 0 Å². The lowest BCUT2D eigenvalue weighted by molar-refractivity contribution is 0.0474. The number of guanidine groups is 1. The van der Waals surface area contributed by atoms with Crippen LogP contribution in [0.15, 0.2) is 4.99 Å². The van der Waals surface area contributed by atoms with Crippen LogP contribution in [0.1, 0.15) is 41.5 Å². The standard InChI is InChI=1S/C15H33N5O4S.HI/c1-8-25(22,23)19-10-9-17-12(16-7)18-11-15(5,6)20-13(21)24-14(2,3)4;/h19H,8-11H2,1-7H3,(H,20,21)(H2,16,17,18);1H. The van der Waals surface area contributed by atoms with Crippen molar-refractivity contribution in [1.82, 2.24) is 20.7 Å². The zero-order valence-corrected chi connectivity index (χ0v) is 19.9. The second kappa shape index (κ2) is 11.8. The summed E-state index contributed by atoms with van der Waals surface area (Å²) in [7, 11) is -1.59. The fourth-order valence-corrected chi connectivity index (χ4v) is 2.26. The molecule has 0 rings (SSSR count). The molecule has 11 heteroatoms. The van der Waals surface area contributed by atoms with Crippen molar-refractivity contribution in [3.8, 4) is 0 Å². The van der Waals surface area contributed by atoms with Crippen LogP contribution in [0, 0.1) is 0 Å². The Hall–Kier alpha value is -0.820. The van der Waals surface area contributed by atoms with Crippen molar-refractivity contribution < 1.29 is 17.9 Å². The van der Waals surface area contributed by atoms with E-state index in [1.54, 1.807) is 34.7 Å². The van der Waals surface area contributed by atoms with Gasteiger partial charge in [0.15, 0.2) is 5.96 Å². The van der Waals surface area contributed by atoms with Crippen LogP contribution < -0.4 is 20.7 Å². The van der Waals surface area contributed by atoms with Crippen LogP contribution >= 0.6 is 24.0 Å². The molecule has 9 nitrogen and oxygen atoms in total. The van der Waals surface area contributed by atoms with E-state index < -0.39 is 27.3 Å². The Labute approximate surface area is 174 Å². The summed E-state index contributed by atoms with van der Waals surface area (Å²) in [6.07, 6.45) is -0.490. The number of rotatable bonds is 8. The maximum atomic E-state index is 11.8. The zero-order valence-electron chi connectivity index (χ0n) is 16.7. The number of halogens is 1. The summed E-state index contributed by atoms with van der Waals surface area (Å²) >= 11 is 0. The summed E-state index contributed by atoms with van der Waals surface area (Å²) in [6.45, 7) is 11.8. The number of hydrogen-bond acceptors (Lipinski definition) is 5. The molecule has 26 heavy (non-hydrogen) atoms. The van der Waals surface area contributed by atoms with Crippen molar-refractivity contribution in [3.05, 3.63) is 0 Å². The predicted octanol–water partition coefficient (Wildman–Crippen LogP) is 1.01. The third-order valence-corrected chi connectivity index (χ3v) is 4.28. The van der Waals surface area contributed by atoms with Crippen molar-refractivity contribution >= 4 is 46.1 Å². The Bertz CT molecular complexity index is 559. The van der Waals surface area contributed by atoms with Gasteiger partial charge in [-0.3, -0.25) is 4.99 Å². The van der Waals surface area contributed by atoms with Crippen LogP contribution in [0.3, 0.4) is 0 Å². The van der Waals surface area contributed by atoms with E-state index in [1.807, 2.05) is 13.8 Å². The molecule has 0 atom stereocenters. The maximum Gasteiger partial charge on any atom is 0.408 e. The fourth-order valence-electron chi connectivity index (χ4n) is 1.64. The number of aliphatic imine (C=N–C) groups is 1. The van der Waals surface area contributed by atoms with Gasteiger partial charge >= 0.3 is 6.09 Å². The third-order valence-electron chi connectivity index (χ3n) is 2.88. The maximum absolute atomic E-state index is 11.8. The zero-order chi connectivity index (χ0) is 19.7. The molecule has 0 aromatic rings. The Morgan fingerprint density at radius 2 is 1.65 bits per heavy atom. The Balaban J connectivity index is 0. The summed E-state index contributed by atoms with van der Waals surface area (Å²) in [5.41, 5.74) is -1.12. The molecule has 0 aromatic heterocycles. The first-order valence-electron chi connectivity index (χ1n) is 8.23. The van der Waals surface area contributed by atoms with Gasteiger partial charge in [-0.25, -0.2) is 17.9 Å². The monoisotopic (exact) mass is 507 g/mol. The van der Waals surface area contributed by atoms with Crippen LogP contribution in [0.4, 0.5) is 4.79 Å². The van der Waals surface area contributed by atoms with Crippen LogP contribution in [-0.2, 0) is 14.8 Å². The van der Waals surface area contributed by atoms with Crippen molar-refractivity contribution in [2.75, 3.05) is 32.4 Å². The molecule has 156 valence electrons. The van der Waals surface area contributed by atoms with Gasteiger partial charge < -0.3 is 20.7 Å². The number of sulfonamides is 1. The summed E-state index contributed by atoms with van der Waals surface area (Å²) in [4.78, 5) is 15.9. The number of alkyl carbamates (subject to hydrolysis) is 1. The number of nitrogens with one attached hydrogen (secondary N) is 4. The first-order valence-corrected chi connectivity index (χ1v) is 9.88. The highest BCUT2D eigenvalue weighted by Gasteiger charge is 2.24. The highest BCUT2D eigenvalue weighted by Crippen LogP contribution is 2.09. The number of ether oxygens (including phenoxy) is 1. The van der Waals surface area contributed by atoms with Crippen LogP contribution in [-0.4, -0.2) is 64.0 Å². The van der Waals surface area contributed by atoms with Crippen molar-refractivity contribution in [2.45, 2.75) is 52.7 Å². The van der Waals surface area contributed by atoms with Gasteiger partial charge in [0.1, 0.15) is 5.60 Å². The van der Waals surface area contributed by atoms with Gasteiger partial charge in [0.25, 0.3) is 0 Å². The van der Waals surface area contributed by atoms with Crippen LogP contribution in [0.2, 0.25) is 0 Å². The van der Waals surface area contributed by atoms with Gasteiger partial charge in [0.05, 0.1) is 11.3 Å². The first-order chi connectivity index (χ1) is 11.3. The number of hydrogen-bond donors (Lipinski definition) is 4. The molecule has 0 saturated heterocycles. The molecule has 1 amide bonds. The molecule has 0 heterocycles. The normalized spacial score (nSPS) is 12.8. The summed E-state index contributed by atoms with van der Waals surface area (Å²) in [6, 6.07) is 0. The van der Waals surface area contributed by atoms with Gasteiger partial charge in [-0.2, -0.15) is 0 Å². The summed E-state index contributed by atoms with van der Waals surface area (Å²) in [5, 5.41) is 8.87. The molecule has 0 saturated carbocycles. The Morgan fingerprint density at radius 1 is 1.08 bits per heavy atom. The molecule has 0 aliphatic rings. The SMILES string of the molecule is CCS(=O)(=O)NCCNC(=NC)NCC(C)(C)NC(=O)OC(C)(C)C.I. The minimum Gasteiger partial charge on any atom is -0.444 e. The molecule has 0 radical (unpaired) electrons. The number of nitrogens with zero attached hydrogens (tertiary/aromatic N) is 1. The largest absolute Gasteiger partial charge is 0.444 e. The molecule has 0 bridgehead atoms. The number of carbonyl (C=O) groups is 1. The highest BCUT2D eigenvalue weighted by molar-refractivity contribution is 14.0. The molecule has 0 spiro atoms. The minimum atomic E-state index is -3.20.